The second-order valence-corrected chi connectivity index (χ2v) is 4.35. The van der Waals surface area contributed by atoms with E-state index in [9.17, 15) is 4.79 Å². The molecule has 0 aliphatic carbocycles. The van der Waals surface area contributed by atoms with Crippen LogP contribution in [0.5, 0.6) is 5.75 Å². The number of methoxy groups -OCH3 is 1. The molecule has 0 aliphatic rings. The third-order valence-electron chi connectivity index (χ3n) is 2.58. The van der Waals surface area contributed by atoms with Gasteiger partial charge in [-0.3, -0.25) is 0 Å². The lowest BCUT2D eigenvalue weighted by atomic mass is 10.1. The van der Waals surface area contributed by atoms with Crippen LogP contribution in [0.2, 0.25) is 5.02 Å². The van der Waals surface area contributed by atoms with Crippen molar-refractivity contribution in [2.24, 2.45) is 0 Å². The average molecular weight is 265 g/mol. The van der Waals surface area contributed by atoms with Crippen LogP contribution in [0.15, 0.2) is 45.6 Å². The van der Waals surface area contributed by atoms with Gasteiger partial charge in [0, 0.05) is 17.5 Å². The number of ether oxygens (including phenoxy) is 1. The number of benzene rings is 1. The fraction of sp³-hybridized carbons (Fsp3) is 0.214. The monoisotopic (exact) mass is 264 g/mol. The molecule has 2 rings (SSSR count). The van der Waals surface area contributed by atoms with Gasteiger partial charge in [0.2, 0.25) is 0 Å². The van der Waals surface area contributed by atoms with E-state index < -0.39 is 5.63 Å². The van der Waals surface area contributed by atoms with Gasteiger partial charge in [0.15, 0.2) is 0 Å². The predicted molar refractivity (Wildman–Crippen MR) is 70.4 cm³/mol. The molecule has 1 aromatic carbocycles. The Morgan fingerprint density at radius 1 is 1.22 bits per heavy atom. The summed E-state index contributed by atoms with van der Waals surface area (Å²) in [5.41, 5.74) is 0.711. The van der Waals surface area contributed by atoms with Gasteiger partial charge < -0.3 is 9.15 Å². The van der Waals surface area contributed by atoms with E-state index in [0.29, 0.717) is 23.0 Å². The summed E-state index contributed by atoms with van der Waals surface area (Å²) in [5.74, 6) is 1.13. The summed E-state index contributed by atoms with van der Waals surface area (Å²) in [7, 11) is 1.52. The van der Waals surface area contributed by atoms with E-state index in [-0.39, 0.29) is 0 Å². The maximum Gasteiger partial charge on any atom is 0.339 e. The van der Waals surface area contributed by atoms with Gasteiger partial charge in [0.1, 0.15) is 11.5 Å². The molecule has 0 aliphatic heterocycles. The lowest BCUT2D eigenvalue weighted by Crippen LogP contribution is -2.02. The third kappa shape index (κ3) is 3.37. The molecule has 0 unspecified atom stereocenters. The zero-order valence-corrected chi connectivity index (χ0v) is 10.7. The summed E-state index contributed by atoms with van der Waals surface area (Å²) in [5, 5.41) is 0.708. The van der Waals surface area contributed by atoms with Crippen molar-refractivity contribution in [2.45, 2.75) is 12.8 Å². The molecule has 0 amide bonds. The summed E-state index contributed by atoms with van der Waals surface area (Å²) in [6.45, 7) is 0. The smallest absolute Gasteiger partial charge is 0.339 e. The normalized spacial score (nSPS) is 10.3. The van der Waals surface area contributed by atoms with Crippen LogP contribution in [0, 0.1) is 0 Å². The Hall–Kier alpha value is -1.74. The van der Waals surface area contributed by atoms with Gasteiger partial charge in [0.05, 0.1) is 13.2 Å². The Morgan fingerprint density at radius 2 is 2.06 bits per heavy atom. The van der Waals surface area contributed by atoms with Gasteiger partial charge in [-0.05, 0) is 24.1 Å². The highest BCUT2D eigenvalue weighted by Gasteiger charge is 2.03. The molecular formula is C14H13ClO3. The van der Waals surface area contributed by atoms with Crippen molar-refractivity contribution in [3.05, 3.63) is 63.2 Å². The topological polar surface area (TPSA) is 39.4 Å². The van der Waals surface area contributed by atoms with Crippen molar-refractivity contribution in [3.8, 4) is 5.75 Å². The SMILES string of the molecule is COc1cc(CCc2cccc(Cl)c2)oc(=O)c1. The van der Waals surface area contributed by atoms with Crippen LogP contribution in [0.25, 0.3) is 0 Å². The van der Waals surface area contributed by atoms with Crippen molar-refractivity contribution in [3.63, 3.8) is 0 Å². The van der Waals surface area contributed by atoms with Gasteiger partial charge in [-0.1, -0.05) is 23.7 Å². The molecule has 0 fully saturated rings. The van der Waals surface area contributed by atoms with Crippen LogP contribution in [-0.2, 0) is 12.8 Å². The molecule has 4 heteroatoms. The predicted octanol–water partition coefficient (Wildman–Crippen LogP) is 3.09. The van der Waals surface area contributed by atoms with E-state index in [0.717, 1.165) is 12.0 Å². The van der Waals surface area contributed by atoms with Gasteiger partial charge in [-0.25, -0.2) is 4.79 Å². The van der Waals surface area contributed by atoms with E-state index in [4.69, 9.17) is 20.8 Å². The zero-order valence-electron chi connectivity index (χ0n) is 9.98. The molecule has 0 radical (unpaired) electrons. The summed E-state index contributed by atoms with van der Waals surface area (Å²) >= 11 is 5.91. The molecule has 1 aromatic heterocycles. The average Bonchev–Trinajstić information content (AvgIpc) is 2.36. The molecule has 3 nitrogen and oxygen atoms in total. The second kappa shape index (κ2) is 5.74. The minimum Gasteiger partial charge on any atom is -0.496 e. The van der Waals surface area contributed by atoms with Crippen molar-refractivity contribution in [1.29, 1.82) is 0 Å². The molecule has 0 saturated carbocycles. The van der Waals surface area contributed by atoms with Crippen LogP contribution in [-0.4, -0.2) is 7.11 Å². The van der Waals surface area contributed by atoms with Gasteiger partial charge in [-0.2, -0.15) is 0 Å². The van der Waals surface area contributed by atoms with Crippen LogP contribution in [0.3, 0.4) is 0 Å². The largest absolute Gasteiger partial charge is 0.496 e. The van der Waals surface area contributed by atoms with Gasteiger partial charge >= 0.3 is 5.63 Å². The van der Waals surface area contributed by atoms with E-state index in [2.05, 4.69) is 0 Å². The lowest BCUT2D eigenvalue weighted by molar-refractivity contribution is 0.392. The summed E-state index contributed by atoms with van der Waals surface area (Å²) in [6.07, 6.45) is 1.39. The molecule has 0 spiro atoms. The van der Waals surface area contributed by atoms with E-state index in [1.54, 1.807) is 6.07 Å². The van der Waals surface area contributed by atoms with Gasteiger partial charge in [-0.15, -0.1) is 0 Å². The summed E-state index contributed by atoms with van der Waals surface area (Å²) < 4.78 is 10.1. The Bertz CT molecular complexity index is 590. The van der Waals surface area contributed by atoms with E-state index in [1.165, 1.54) is 13.2 Å². The number of aryl methyl sites for hydroxylation is 2. The minimum atomic E-state index is -0.393. The van der Waals surface area contributed by atoms with E-state index >= 15 is 0 Å². The Kier molecular flexibility index (Phi) is 4.05. The number of hydrogen-bond donors (Lipinski definition) is 0. The highest BCUT2D eigenvalue weighted by atomic mass is 35.5. The Labute approximate surface area is 110 Å². The summed E-state index contributed by atoms with van der Waals surface area (Å²) in [4.78, 5) is 11.3. The fourth-order valence-corrected chi connectivity index (χ4v) is 1.92. The maximum absolute atomic E-state index is 11.3. The van der Waals surface area contributed by atoms with Crippen molar-refractivity contribution in [2.75, 3.05) is 7.11 Å². The standard InChI is InChI=1S/C14H13ClO3/c1-17-13-8-12(18-14(16)9-13)6-5-10-3-2-4-11(15)7-10/h2-4,7-9H,5-6H2,1H3. The molecule has 0 atom stereocenters. The Balaban J connectivity index is 2.10. The molecule has 2 aromatic rings. The molecule has 18 heavy (non-hydrogen) atoms. The second-order valence-electron chi connectivity index (χ2n) is 3.91. The first-order chi connectivity index (χ1) is 8.67. The van der Waals surface area contributed by atoms with Crippen LogP contribution < -0.4 is 10.4 Å². The van der Waals surface area contributed by atoms with Crippen molar-refractivity contribution >= 4 is 11.6 Å². The van der Waals surface area contributed by atoms with Crippen molar-refractivity contribution in [1.82, 2.24) is 0 Å². The first-order valence-corrected chi connectivity index (χ1v) is 5.97. The maximum atomic E-state index is 11.3. The summed E-state index contributed by atoms with van der Waals surface area (Å²) in [6, 6.07) is 10.7. The molecular weight excluding hydrogens is 252 g/mol. The minimum absolute atomic E-state index is 0.393. The van der Waals surface area contributed by atoms with Crippen molar-refractivity contribution < 1.29 is 9.15 Å². The molecule has 0 saturated heterocycles. The molecule has 1 heterocycles. The lowest BCUT2D eigenvalue weighted by Gasteiger charge is -2.03. The highest BCUT2D eigenvalue weighted by molar-refractivity contribution is 6.30. The molecule has 0 N–H and O–H groups in total. The third-order valence-corrected chi connectivity index (χ3v) is 2.81. The molecule has 94 valence electrons. The number of hydrogen-bond acceptors (Lipinski definition) is 3. The van der Waals surface area contributed by atoms with E-state index in [1.807, 2.05) is 24.3 Å². The highest BCUT2D eigenvalue weighted by Crippen LogP contribution is 2.15. The Morgan fingerprint density at radius 3 is 2.78 bits per heavy atom. The van der Waals surface area contributed by atoms with Crippen LogP contribution >= 0.6 is 11.6 Å². The number of rotatable bonds is 4. The zero-order chi connectivity index (χ0) is 13.0. The van der Waals surface area contributed by atoms with Crippen LogP contribution in [0.4, 0.5) is 0 Å². The first-order valence-electron chi connectivity index (χ1n) is 5.60. The number of halogens is 1. The van der Waals surface area contributed by atoms with Gasteiger partial charge in [0.25, 0.3) is 0 Å². The van der Waals surface area contributed by atoms with Crippen LogP contribution in [0.1, 0.15) is 11.3 Å². The fourth-order valence-electron chi connectivity index (χ4n) is 1.71. The first kappa shape index (κ1) is 12.7. The molecule has 0 bridgehead atoms. The quantitative estimate of drug-likeness (QED) is 0.852.